The highest BCUT2D eigenvalue weighted by Crippen LogP contribution is 2.24. The zero-order chi connectivity index (χ0) is 21.3. The van der Waals surface area contributed by atoms with Crippen molar-refractivity contribution in [3.63, 3.8) is 0 Å². The third-order valence-electron chi connectivity index (χ3n) is 4.51. The van der Waals surface area contributed by atoms with Crippen LogP contribution in [-0.2, 0) is 6.42 Å². The molecule has 0 radical (unpaired) electrons. The number of carbonyl (C=O) groups is 1. The van der Waals surface area contributed by atoms with Gasteiger partial charge in [0.15, 0.2) is 5.11 Å². The maximum Gasteiger partial charge on any atom is 0.257 e. The largest absolute Gasteiger partial charge is 0.491 e. The van der Waals surface area contributed by atoms with Gasteiger partial charge in [0.05, 0.1) is 12.3 Å². The number of halogens is 1. The van der Waals surface area contributed by atoms with Gasteiger partial charge >= 0.3 is 0 Å². The Labute approximate surface area is 196 Å². The topological polar surface area (TPSA) is 50.4 Å². The Kier molecular flexibility index (Phi) is 8.21. The van der Waals surface area contributed by atoms with Crippen molar-refractivity contribution in [1.29, 1.82) is 0 Å². The van der Waals surface area contributed by atoms with Gasteiger partial charge in [-0.3, -0.25) is 10.1 Å². The third kappa shape index (κ3) is 6.53. The predicted octanol–water partition coefficient (Wildman–Crippen LogP) is 5.74. The summed E-state index contributed by atoms with van der Waals surface area (Å²) in [6.07, 6.45) is 1.87. The number of rotatable bonds is 7. The Hall–Kier alpha value is -2.45. The first-order chi connectivity index (χ1) is 14.5. The van der Waals surface area contributed by atoms with Gasteiger partial charge in [0.25, 0.3) is 5.91 Å². The number of nitrogens with one attached hydrogen (secondary N) is 2. The van der Waals surface area contributed by atoms with Crippen molar-refractivity contribution in [2.45, 2.75) is 19.8 Å². The molecule has 1 amide bonds. The summed E-state index contributed by atoms with van der Waals surface area (Å²) >= 11 is 7.54. The summed E-state index contributed by atoms with van der Waals surface area (Å²) in [6, 6.07) is 23.5. The fraction of sp³-hybridized carbons (Fsp3) is 0.167. The quantitative estimate of drug-likeness (QED) is 0.233. The van der Waals surface area contributed by atoms with Crippen LogP contribution in [0.15, 0.2) is 72.8 Å². The molecule has 2 N–H and O–H groups in total. The Balaban J connectivity index is 1.53. The number of para-hydroxylation sites is 2. The highest BCUT2D eigenvalue weighted by molar-refractivity contribution is 14.1. The maximum atomic E-state index is 12.5. The Morgan fingerprint density at radius 2 is 1.77 bits per heavy atom. The summed E-state index contributed by atoms with van der Waals surface area (Å²) in [7, 11) is 0. The van der Waals surface area contributed by atoms with Gasteiger partial charge in [-0.25, -0.2) is 0 Å². The molecule has 0 aliphatic carbocycles. The monoisotopic (exact) mass is 530 g/mol. The third-order valence-corrected chi connectivity index (χ3v) is 5.87. The first kappa shape index (κ1) is 22.2. The zero-order valence-electron chi connectivity index (χ0n) is 16.7. The molecule has 0 bridgehead atoms. The molecule has 30 heavy (non-hydrogen) atoms. The molecule has 154 valence electrons. The van der Waals surface area contributed by atoms with E-state index in [0.29, 0.717) is 17.9 Å². The van der Waals surface area contributed by atoms with E-state index in [1.807, 2.05) is 61.5 Å². The Morgan fingerprint density at radius 3 is 2.53 bits per heavy atom. The summed E-state index contributed by atoms with van der Waals surface area (Å²) in [4.78, 5) is 12.5. The Bertz CT molecular complexity index is 1020. The number of amides is 1. The van der Waals surface area contributed by atoms with Gasteiger partial charge in [0.1, 0.15) is 5.75 Å². The van der Waals surface area contributed by atoms with E-state index in [2.05, 4.69) is 45.4 Å². The van der Waals surface area contributed by atoms with E-state index in [4.69, 9.17) is 17.0 Å². The number of thiocarbonyl (C=S) groups is 1. The SMILES string of the molecule is Cc1ccc(C(=O)NC(=S)Nc2ccccc2OCCCc2ccccc2)cc1I. The lowest BCUT2D eigenvalue weighted by atomic mass is 10.1. The van der Waals surface area contributed by atoms with E-state index in [1.54, 1.807) is 6.07 Å². The average molecular weight is 530 g/mol. The smallest absolute Gasteiger partial charge is 0.257 e. The second-order valence-corrected chi connectivity index (χ2v) is 8.38. The van der Waals surface area contributed by atoms with Crippen molar-refractivity contribution in [3.05, 3.63) is 93.1 Å². The second-order valence-electron chi connectivity index (χ2n) is 6.81. The van der Waals surface area contributed by atoms with Crippen LogP contribution in [0.5, 0.6) is 5.75 Å². The van der Waals surface area contributed by atoms with Crippen LogP contribution in [0.25, 0.3) is 0 Å². The lowest BCUT2D eigenvalue weighted by molar-refractivity contribution is 0.0977. The van der Waals surface area contributed by atoms with E-state index >= 15 is 0 Å². The molecule has 4 nitrogen and oxygen atoms in total. The van der Waals surface area contributed by atoms with Crippen molar-refractivity contribution in [3.8, 4) is 5.75 Å². The van der Waals surface area contributed by atoms with Crippen LogP contribution in [-0.4, -0.2) is 17.6 Å². The van der Waals surface area contributed by atoms with Gasteiger partial charge in [-0.1, -0.05) is 48.5 Å². The number of hydrogen-bond acceptors (Lipinski definition) is 3. The fourth-order valence-electron chi connectivity index (χ4n) is 2.86. The molecular formula is C24H23IN2O2S. The molecule has 0 unspecified atom stereocenters. The molecule has 0 fully saturated rings. The number of ether oxygens (including phenoxy) is 1. The van der Waals surface area contributed by atoms with E-state index in [9.17, 15) is 4.79 Å². The van der Waals surface area contributed by atoms with Gasteiger partial charge in [0.2, 0.25) is 0 Å². The summed E-state index contributed by atoms with van der Waals surface area (Å²) in [5.74, 6) is 0.457. The van der Waals surface area contributed by atoms with E-state index < -0.39 is 0 Å². The van der Waals surface area contributed by atoms with Gasteiger partial charge in [-0.05, 0) is 90.0 Å². The van der Waals surface area contributed by atoms with Crippen molar-refractivity contribution < 1.29 is 9.53 Å². The van der Waals surface area contributed by atoms with Crippen LogP contribution in [0.3, 0.4) is 0 Å². The van der Waals surface area contributed by atoms with E-state index in [0.717, 1.165) is 27.7 Å². The fourth-order valence-corrected chi connectivity index (χ4v) is 3.58. The minimum atomic E-state index is -0.244. The first-order valence-electron chi connectivity index (χ1n) is 9.67. The van der Waals surface area contributed by atoms with Crippen LogP contribution in [0.1, 0.15) is 27.9 Å². The molecule has 0 aromatic heterocycles. The van der Waals surface area contributed by atoms with Crippen LogP contribution < -0.4 is 15.4 Å². The molecule has 0 saturated heterocycles. The molecular weight excluding hydrogens is 507 g/mol. The lowest BCUT2D eigenvalue weighted by Crippen LogP contribution is -2.34. The predicted molar refractivity (Wildman–Crippen MR) is 134 cm³/mol. The summed E-state index contributed by atoms with van der Waals surface area (Å²) in [5, 5.41) is 6.03. The molecule has 0 saturated carbocycles. The minimum Gasteiger partial charge on any atom is -0.491 e. The van der Waals surface area contributed by atoms with Gasteiger partial charge in [-0.15, -0.1) is 0 Å². The molecule has 3 aromatic carbocycles. The van der Waals surface area contributed by atoms with Gasteiger partial charge in [0, 0.05) is 9.13 Å². The second kappa shape index (κ2) is 11.1. The average Bonchev–Trinajstić information content (AvgIpc) is 2.75. The summed E-state index contributed by atoms with van der Waals surface area (Å²) in [5.41, 5.74) is 3.72. The van der Waals surface area contributed by atoms with Crippen LogP contribution in [0.2, 0.25) is 0 Å². The van der Waals surface area contributed by atoms with Crippen molar-refractivity contribution in [1.82, 2.24) is 5.32 Å². The van der Waals surface area contributed by atoms with Crippen molar-refractivity contribution >= 4 is 51.5 Å². The number of hydrogen-bond donors (Lipinski definition) is 2. The van der Waals surface area contributed by atoms with Crippen LogP contribution in [0, 0.1) is 10.5 Å². The highest BCUT2D eigenvalue weighted by Gasteiger charge is 2.11. The summed E-state index contributed by atoms with van der Waals surface area (Å²) in [6.45, 7) is 2.60. The molecule has 6 heteroatoms. The molecule has 0 atom stereocenters. The molecule has 3 aromatic rings. The molecule has 3 rings (SSSR count). The maximum absolute atomic E-state index is 12.5. The normalized spacial score (nSPS) is 10.3. The lowest BCUT2D eigenvalue weighted by Gasteiger charge is -2.14. The zero-order valence-corrected chi connectivity index (χ0v) is 19.6. The number of aryl methyl sites for hydroxylation is 2. The highest BCUT2D eigenvalue weighted by atomic mass is 127. The molecule has 0 spiro atoms. The van der Waals surface area contributed by atoms with E-state index in [1.165, 1.54) is 5.56 Å². The molecule has 0 aliphatic heterocycles. The number of carbonyl (C=O) groups excluding carboxylic acids is 1. The number of anilines is 1. The Morgan fingerprint density at radius 1 is 1.03 bits per heavy atom. The van der Waals surface area contributed by atoms with Gasteiger partial charge in [-0.2, -0.15) is 0 Å². The minimum absolute atomic E-state index is 0.232. The van der Waals surface area contributed by atoms with Crippen LogP contribution in [0.4, 0.5) is 5.69 Å². The first-order valence-corrected chi connectivity index (χ1v) is 11.2. The molecule has 0 aliphatic rings. The van der Waals surface area contributed by atoms with E-state index in [-0.39, 0.29) is 11.0 Å². The van der Waals surface area contributed by atoms with Crippen LogP contribution >= 0.6 is 34.8 Å². The standard InChI is InChI=1S/C24H23IN2O2S/c1-17-13-14-19(16-20(17)25)23(28)27-24(30)26-21-11-5-6-12-22(21)29-15-7-10-18-8-3-2-4-9-18/h2-6,8-9,11-14,16H,7,10,15H2,1H3,(H2,26,27,28,30). The van der Waals surface area contributed by atoms with Gasteiger partial charge < -0.3 is 10.1 Å². The van der Waals surface area contributed by atoms with Crippen molar-refractivity contribution in [2.24, 2.45) is 0 Å². The summed E-state index contributed by atoms with van der Waals surface area (Å²) < 4.78 is 6.98. The number of benzene rings is 3. The molecule has 0 heterocycles. The van der Waals surface area contributed by atoms with Crippen molar-refractivity contribution in [2.75, 3.05) is 11.9 Å².